The summed E-state index contributed by atoms with van der Waals surface area (Å²) >= 11 is 1.64. The summed E-state index contributed by atoms with van der Waals surface area (Å²) in [7, 11) is 0. The van der Waals surface area contributed by atoms with Gasteiger partial charge in [-0.15, -0.1) is 11.8 Å². The molecule has 3 N–H and O–H groups in total. The van der Waals surface area contributed by atoms with Crippen LogP contribution >= 0.6 is 11.8 Å². The number of para-hydroxylation sites is 1. The SMILES string of the molecule is CC(C)[C@H](CO)N1C(=O)[C@@H]2[C@@H](C(=O)Nc3ccccc3)[C@H]3CCC2(S3)C1C(=O)NCc1ccccc1. The smallest absolute Gasteiger partial charge is 0.244 e. The highest BCUT2D eigenvalue weighted by Crippen LogP contribution is 2.66. The first-order chi connectivity index (χ1) is 17.4. The second-order valence-electron chi connectivity index (χ2n) is 10.4. The number of hydrogen-bond acceptors (Lipinski definition) is 5. The summed E-state index contributed by atoms with van der Waals surface area (Å²) in [6, 6.07) is 17.7. The summed E-state index contributed by atoms with van der Waals surface area (Å²) in [6.07, 6.45) is 1.48. The van der Waals surface area contributed by atoms with Gasteiger partial charge in [0.2, 0.25) is 17.7 Å². The number of benzene rings is 2. The lowest BCUT2D eigenvalue weighted by atomic mass is 9.70. The van der Waals surface area contributed by atoms with Gasteiger partial charge in [0.05, 0.1) is 29.2 Å². The van der Waals surface area contributed by atoms with Crippen LogP contribution < -0.4 is 10.6 Å². The number of nitrogens with one attached hydrogen (secondary N) is 2. The highest BCUT2D eigenvalue weighted by Gasteiger charge is 2.74. The molecule has 2 aromatic carbocycles. The molecule has 3 heterocycles. The Morgan fingerprint density at radius 3 is 2.39 bits per heavy atom. The van der Waals surface area contributed by atoms with Crippen molar-refractivity contribution in [2.45, 2.75) is 55.3 Å². The molecule has 8 heteroatoms. The van der Waals surface area contributed by atoms with Gasteiger partial charge >= 0.3 is 0 Å². The Bertz CT molecular complexity index is 1130. The molecular weight excluding hydrogens is 474 g/mol. The van der Waals surface area contributed by atoms with Crippen LogP contribution in [0.2, 0.25) is 0 Å². The van der Waals surface area contributed by atoms with E-state index in [0.717, 1.165) is 12.0 Å². The normalized spacial score (nSPS) is 29.3. The summed E-state index contributed by atoms with van der Waals surface area (Å²) < 4.78 is -0.677. The third-order valence-electron chi connectivity index (χ3n) is 7.95. The number of carbonyl (C=O) groups excluding carboxylic acids is 3. The van der Waals surface area contributed by atoms with Gasteiger partial charge in [-0.2, -0.15) is 0 Å². The molecule has 190 valence electrons. The molecule has 3 saturated heterocycles. The Hall–Kier alpha value is -2.84. The number of amides is 3. The maximum Gasteiger partial charge on any atom is 0.244 e. The average molecular weight is 508 g/mol. The van der Waals surface area contributed by atoms with Crippen molar-refractivity contribution in [3.05, 3.63) is 66.2 Å². The van der Waals surface area contributed by atoms with Gasteiger partial charge in [0.25, 0.3) is 0 Å². The van der Waals surface area contributed by atoms with Gasteiger partial charge in [0, 0.05) is 17.5 Å². The Balaban J connectivity index is 1.47. The monoisotopic (exact) mass is 507 g/mol. The molecule has 3 fully saturated rings. The van der Waals surface area contributed by atoms with Crippen molar-refractivity contribution in [2.24, 2.45) is 17.8 Å². The number of anilines is 1. The number of fused-ring (bicyclic) bond motifs is 1. The summed E-state index contributed by atoms with van der Waals surface area (Å²) in [5, 5.41) is 16.3. The number of aliphatic hydroxyl groups excluding tert-OH is 1. The lowest BCUT2D eigenvalue weighted by Crippen LogP contribution is -2.57. The van der Waals surface area contributed by atoms with Crippen LogP contribution in [0.25, 0.3) is 0 Å². The van der Waals surface area contributed by atoms with Gasteiger partial charge in [-0.25, -0.2) is 0 Å². The Labute approximate surface area is 216 Å². The number of hydrogen-bond donors (Lipinski definition) is 3. The van der Waals surface area contributed by atoms with E-state index in [2.05, 4.69) is 10.6 Å². The van der Waals surface area contributed by atoms with E-state index in [9.17, 15) is 19.5 Å². The predicted octanol–water partition coefficient (Wildman–Crippen LogP) is 3.05. The molecule has 0 aliphatic carbocycles. The molecule has 2 aromatic rings. The van der Waals surface area contributed by atoms with Crippen molar-refractivity contribution in [2.75, 3.05) is 11.9 Å². The summed E-state index contributed by atoms with van der Waals surface area (Å²) in [5.41, 5.74) is 1.67. The van der Waals surface area contributed by atoms with Crippen molar-refractivity contribution in [1.29, 1.82) is 0 Å². The second-order valence-corrected chi connectivity index (χ2v) is 12.0. The largest absolute Gasteiger partial charge is 0.394 e. The molecule has 6 atom stereocenters. The summed E-state index contributed by atoms with van der Waals surface area (Å²) in [6.45, 7) is 4.02. The quantitative estimate of drug-likeness (QED) is 0.510. The average Bonchev–Trinajstić information content (AvgIpc) is 3.52. The Morgan fingerprint density at radius 2 is 1.75 bits per heavy atom. The van der Waals surface area contributed by atoms with Crippen LogP contribution in [0.1, 0.15) is 32.3 Å². The molecule has 0 radical (unpaired) electrons. The number of thioether (sulfide) groups is 1. The van der Waals surface area contributed by atoms with Crippen molar-refractivity contribution in [3.8, 4) is 0 Å². The molecule has 7 nitrogen and oxygen atoms in total. The van der Waals surface area contributed by atoms with E-state index >= 15 is 0 Å². The van der Waals surface area contributed by atoms with E-state index in [0.29, 0.717) is 18.7 Å². The van der Waals surface area contributed by atoms with Crippen LogP contribution in [0.5, 0.6) is 0 Å². The first-order valence-corrected chi connectivity index (χ1v) is 13.5. The number of aliphatic hydroxyl groups is 1. The number of nitrogens with zero attached hydrogens (tertiary/aromatic N) is 1. The van der Waals surface area contributed by atoms with Crippen LogP contribution in [0.4, 0.5) is 5.69 Å². The van der Waals surface area contributed by atoms with E-state index < -0.39 is 28.7 Å². The fourth-order valence-corrected chi connectivity index (χ4v) is 8.50. The van der Waals surface area contributed by atoms with Crippen molar-refractivity contribution < 1.29 is 19.5 Å². The summed E-state index contributed by atoms with van der Waals surface area (Å²) in [4.78, 5) is 43.0. The topological polar surface area (TPSA) is 98.7 Å². The van der Waals surface area contributed by atoms with Gasteiger partial charge in [0.1, 0.15) is 6.04 Å². The molecule has 1 spiro atoms. The van der Waals surface area contributed by atoms with Gasteiger partial charge in [-0.1, -0.05) is 62.4 Å². The lowest BCUT2D eigenvalue weighted by molar-refractivity contribution is -0.143. The summed E-state index contributed by atoms with van der Waals surface area (Å²) in [5.74, 6) is -1.73. The van der Waals surface area contributed by atoms with E-state index in [4.69, 9.17) is 0 Å². The molecule has 3 amide bonds. The van der Waals surface area contributed by atoms with Crippen LogP contribution in [0, 0.1) is 17.8 Å². The zero-order valence-corrected chi connectivity index (χ0v) is 21.4. The highest BCUT2D eigenvalue weighted by molar-refractivity contribution is 8.02. The van der Waals surface area contributed by atoms with E-state index in [1.165, 1.54) is 0 Å². The van der Waals surface area contributed by atoms with Crippen molar-refractivity contribution in [1.82, 2.24) is 10.2 Å². The first-order valence-electron chi connectivity index (χ1n) is 12.7. The standard InChI is InChI=1S/C28H33N3O4S/c1-17(2)20(16-32)31-24(26(34)29-15-18-9-5-3-6-10-18)28-14-13-21(36-28)22(23(28)27(31)35)25(33)30-19-11-7-4-8-12-19/h3-12,17,20-24,32H,13-16H2,1-2H3,(H,29,34)(H,30,33)/t20-,21+,22-,23-,24?,28?/m0/s1. The number of carbonyl (C=O) groups is 3. The van der Waals surface area contributed by atoms with Crippen LogP contribution in [-0.2, 0) is 20.9 Å². The predicted molar refractivity (Wildman–Crippen MR) is 140 cm³/mol. The molecule has 3 aliphatic rings. The molecule has 0 saturated carbocycles. The fourth-order valence-electron chi connectivity index (χ4n) is 6.30. The van der Waals surface area contributed by atoms with Crippen LogP contribution in [-0.4, -0.2) is 56.4 Å². The zero-order chi connectivity index (χ0) is 25.4. The fraction of sp³-hybridized carbons (Fsp3) is 0.464. The Kier molecular flexibility index (Phi) is 6.83. The minimum absolute atomic E-state index is 0.0131. The van der Waals surface area contributed by atoms with E-state index in [1.54, 1.807) is 16.7 Å². The maximum atomic E-state index is 14.1. The second kappa shape index (κ2) is 9.90. The molecule has 3 aliphatic heterocycles. The van der Waals surface area contributed by atoms with Crippen molar-refractivity contribution in [3.63, 3.8) is 0 Å². The zero-order valence-electron chi connectivity index (χ0n) is 20.6. The lowest BCUT2D eigenvalue weighted by Gasteiger charge is -2.38. The van der Waals surface area contributed by atoms with Crippen LogP contribution in [0.15, 0.2) is 60.7 Å². The molecule has 2 unspecified atom stereocenters. The first kappa shape index (κ1) is 24.8. The van der Waals surface area contributed by atoms with Crippen LogP contribution in [0.3, 0.4) is 0 Å². The van der Waals surface area contributed by atoms with E-state index in [-0.39, 0.29) is 35.5 Å². The molecule has 2 bridgehead atoms. The number of rotatable bonds is 8. The molecule has 36 heavy (non-hydrogen) atoms. The molecule has 5 rings (SSSR count). The van der Waals surface area contributed by atoms with Gasteiger partial charge in [-0.3, -0.25) is 14.4 Å². The Morgan fingerprint density at radius 1 is 1.08 bits per heavy atom. The maximum absolute atomic E-state index is 14.1. The third kappa shape index (κ3) is 4.10. The molecular formula is C28H33N3O4S. The minimum Gasteiger partial charge on any atom is -0.394 e. The minimum atomic E-state index is -0.734. The highest BCUT2D eigenvalue weighted by atomic mass is 32.2. The molecule has 0 aromatic heterocycles. The van der Waals surface area contributed by atoms with Crippen molar-refractivity contribution >= 4 is 35.2 Å². The van der Waals surface area contributed by atoms with Gasteiger partial charge < -0.3 is 20.6 Å². The van der Waals surface area contributed by atoms with Gasteiger partial charge in [0.15, 0.2) is 0 Å². The number of likely N-dealkylation sites (tertiary alicyclic amines) is 1. The third-order valence-corrected chi connectivity index (χ3v) is 9.91. The van der Waals surface area contributed by atoms with E-state index in [1.807, 2.05) is 74.5 Å². The van der Waals surface area contributed by atoms with Gasteiger partial charge in [-0.05, 0) is 36.5 Å².